The van der Waals surface area contributed by atoms with Gasteiger partial charge in [-0.1, -0.05) is 22.0 Å². The van der Waals surface area contributed by atoms with E-state index in [1.807, 2.05) is 0 Å². The van der Waals surface area contributed by atoms with E-state index in [0.29, 0.717) is 0 Å². The molecule has 1 aromatic carbocycles. The van der Waals surface area contributed by atoms with Crippen LogP contribution in [-0.4, -0.2) is 13.1 Å². The fourth-order valence-corrected chi connectivity index (χ4v) is 2.11. The minimum absolute atomic E-state index is 0. The van der Waals surface area contributed by atoms with Crippen molar-refractivity contribution in [3.8, 4) is 0 Å². The molecule has 0 saturated carbocycles. The van der Waals surface area contributed by atoms with Gasteiger partial charge >= 0.3 is 0 Å². The molecular formula is C10H14BrClN2. The third kappa shape index (κ3) is 2.48. The van der Waals surface area contributed by atoms with Gasteiger partial charge in [-0.05, 0) is 36.2 Å². The predicted molar refractivity (Wildman–Crippen MR) is 64.9 cm³/mol. The maximum Gasteiger partial charge on any atom is 0.0424 e. The molecule has 14 heavy (non-hydrogen) atoms. The normalized spacial score (nSPS) is 20.6. The zero-order valence-corrected chi connectivity index (χ0v) is 10.2. The van der Waals surface area contributed by atoms with Gasteiger partial charge in [0.15, 0.2) is 0 Å². The van der Waals surface area contributed by atoms with E-state index in [-0.39, 0.29) is 18.4 Å². The monoisotopic (exact) mass is 276 g/mol. The molecular weight excluding hydrogens is 263 g/mol. The molecule has 0 saturated heterocycles. The molecule has 2 nitrogen and oxygen atoms in total. The van der Waals surface area contributed by atoms with Crippen LogP contribution in [0.1, 0.15) is 17.2 Å². The van der Waals surface area contributed by atoms with Gasteiger partial charge in [0.25, 0.3) is 0 Å². The summed E-state index contributed by atoms with van der Waals surface area (Å²) in [6.07, 6.45) is 1.08. The number of nitrogens with one attached hydrogen (secondary N) is 1. The molecule has 1 aliphatic heterocycles. The number of hydrogen-bond acceptors (Lipinski definition) is 2. The summed E-state index contributed by atoms with van der Waals surface area (Å²) in [5.41, 5.74) is 8.68. The first-order valence-electron chi connectivity index (χ1n) is 4.52. The van der Waals surface area contributed by atoms with Crippen LogP contribution in [0.3, 0.4) is 0 Å². The van der Waals surface area contributed by atoms with Gasteiger partial charge in [0.1, 0.15) is 0 Å². The molecule has 0 fully saturated rings. The molecule has 1 heterocycles. The van der Waals surface area contributed by atoms with E-state index in [1.54, 1.807) is 0 Å². The van der Waals surface area contributed by atoms with Gasteiger partial charge in [-0.2, -0.15) is 0 Å². The predicted octanol–water partition coefficient (Wildman–Crippen LogP) is 2.02. The molecule has 0 bridgehead atoms. The summed E-state index contributed by atoms with van der Waals surface area (Å²) >= 11 is 3.47. The Morgan fingerprint density at radius 1 is 1.43 bits per heavy atom. The van der Waals surface area contributed by atoms with E-state index in [4.69, 9.17) is 5.73 Å². The molecule has 0 aliphatic carbocycles. The fourth-order valence-electron chi connectivity index (χ4n) is 1.73. The number of nitrogens with two attached hydrogens (primary N) is 1. The lowest BCUT2D eigenvalue weighted by molar-refractivity contribution is 0.626. The van der Waals surface area contributed by atoms with Crippen LogP contribution in [-0.2, 0) is 6.42 Å². The lowest BCUT2D eigenvalue weighted by atomic mass is 10.0. The van der Waals surface area contributed by atoms with Crippen LogP contribution in [0.15, 0.2) is 22.7 Å². The SMILES string of the molecule is Cl.NC1CNCCc2ccc(Br)cc21. The smallest absolute Gasteiger partial charge is 0.0424 e. The molecule has 0 spiro atoms. The second-order valence-corrected chi connectivity index (χ2v) is 4.32. The summed E-state index contributed by atoms with van der Waals surface area (Å²) in [5, 5.41) is 3.32. The average Bonchev–Trinajstić information content (AvgIpc) is 2.29. The lowest BCUT2D eigenvalue weighted by Crippen LogP contribution is -2.25. The topological polar surface area (TPSA) is 38.0 Å². The van der Waals surface area contributed by atoms with Crippen molar-refractivity contribution in [1.82, 2.24) is 5.32 Å². The molecule has 0 radical (unpaired) electrons. The molecule has 1 aromatic rings. The van der Waals surface area contributed by atoms with Gasteiger partial charge in [0.05, 0.1) is 0 Å². The van der Waals surface area contributed by atoms with E-state index < -0.39 is 0 Å². The maximum absolute atomic E-state index is 6.03. The Hall–Kier alpha value is -0.0900. The van der Waals surface area contributed by atoms with Crippen LogP contribution in [0.25, 0.3) is 0 Å². The van der Waals surface area contributed by atoms with Crippen molar-refractivity contribution >= 4 is 28.3 Å². The van der Waals surface area contributed by atoms with E-state index in [1.165, 1.54) is 11.1 Å². The molecule has 4 heteroatoms. The summed E-state index contributed by atoms with van der Waals surface area (Å²) in [4.78, 5) is 0. The number of hydrogen-bond donors (Lipinski definition) is 2. The molecule has 0 aromatic heterocycles. The van der Waals surface area contributed by atoms with Crippen molar-refractivity contribution < 1.29 is 0 Å². The number of benzene rings is 1. The molecule has 3 N–H and O–H groups in total. The van der Waals surface area contributed by atoms with Crippen LogP contribution >= 0.6 is 28.3 Å². The quantitative estimate of drug-likeness (QED) is 0.761. The Morgan fingerprint density at radius 3 is 3.00 bits per heavy atom. The second-order valence-electron chi connectivity index (χ2n) is 3.40. The van der Waals surface area contributed by atoms with Gasteiger partial charge in [-0.25, -0.2) is 0 Å². The van der Waals surface area contributed by atoms with E-state index in [2.05, 4.69) is 39.4 Å². The van der Waals surface area contributed by atoms with Crippen LogP contribution in [0, 0.1) is 0 Å². The molecule has 1 atom stereocenters. The molecule has 1 aliphatic rings. The minimum atomic E-state index is 0. The van der Waals surface area contributed by atoms with Crippen molar-refractivity contribution in [1.29, 1.82) is 0 Å². The van der Waals surface area contributed by atoms with Crippen LogP contribution in [0.2, 0.25) is 0 Å². The zero-order valence-electron chi connectivity index (χ0n) is 7.79. The Kier molecular flexibility index (Phi) is 4.38. The number of rotatable bonds is 0. The first-order chi connectivity index (χ1) is 6.27. The fraction of sp³-hybridized carbons (Fsp3) is 0.400. The highest BCUT2D eigenvalue weighted by atomic mass is 79.9. The standard InChI is InChI=1S/C10H13BrN2.ClH/c11-8-2-1-7-3-4-13-6-10(12)9(7)5-8;/h1-2,5,10,13H,3-4,6,12H2;1H. The van der Waals surface area contributed by atoms with Crippen molar-refractivity contribution in [2.45, 2.75) is 12.5 Å². The van der Waals surface area contributed by atoms with E-state index in [9.17, 15) is 0 Å². The molecule has 0 amide bonds. The average molecular weight is 278 g/mol. The molecule has 2 rings (SSSR count). The van der Waals surface area contributed by atoms with Crippen molar-refractivity contribution in [3.05, 3.63) is 33.8 Å². The lowest BCUT2D eigenvalue weighted by Gasteiger charge is -2.12. The Labute approximate surface area is 98.8 Å². The summed E-state index contributed by atoms with van der Waals surface area (Å²) in [5.74, 6) is 0. The largest absolute Gasteiger partial charge is 0.323 e. The van der Waals surface area contributed by atoms with E-state index >= 15 is 0 Å². The van der Waals surface area contributed by atoms with Gasteiger partial charge < -0.3 is 11.1 Å². The Morgan fingerprint density at radius 2 is 2.21 bits per heavy atom. The highest BCUT2D eigenvalue weighted by molar-refractivity contribution is 9.10. The second kappa shape index (κ2) is 5.12. The number of halogens is 2. The number of fused-ring (bicyclic) bond motifs is 1. The summed E-state index contributed by atoms with van der Waals surface area (Å²) in [7, 11) is 0. The van der Waals surface area contributed by atoms with Gasteiger partial charge in [-0.15, -0.1) is 12.4 Å². The van der Waals surface area contributed by atoms with Crippen molar-refractivity contribution in [3.63, 3.8) is 0 Å². The Bertz CT molecular complexity index is 317. The molecule has 1 unspecified atom stereocenters. The highest BCUT2D eigenvalue weighted by Crippen LogP contribution is 2.23. The van der Waals surface area contributed by atoms with Crippen molar-refractivity contribution in [2.24, 2.45) is 5.73 Å². The van der Waals surface area contributed by atoms with Crippen LogP contribution in [0.4, 0.5) is 0 Å². The summed E-state index contributed by atoms with van der Waals surface area (Å²) in [6, 6.07) is 6.51. The van der Waals surface area contributed by atoms with Crippen molar-refractivity contribution in [2.75, 3.05) is 13.1 Å². The van der Waals surface area contributed by atoms with Gasteiger partial charge in [-0.3, -0.25) is 0 Å². The van der Waals surface area contributed by atoms with Gasteiger partial charge in [0, 0.05) is 17.1 Å². The van der Waals surface area contributed by atoms with Gasteiger partial charge in [0.2, 0.25) is 0 Å². The van der Waals surface area contributed by atoms with Crippen LogP contribution < -0.4 is 11.1 Å². The first kappa shape index (κ1) is 12.0. The van der Waals surface area contributed by atoms with Crippen LogP contribution in [0.5, 0.6) is 0 Å². The maximum atomic E-state index is 6.03. The Balaban J connectivity index is 0.000000980. The van der Waals surface area contributed by atoms with E-state index in [0.717, 1.165) is 24.0 Å². The highest BCUT2D eigenvalue weighted by Gasteiger charge is 2.14. The molecule has 78 valence electrons. The minimum Gasteiger partial charge on any atom is -0.323 e. The first-order valence-corrected chi connectivity index (χ1v) is 5.31. The zero-order chi connectivity index (χ0) is 9.26. The third-order valence-corrected chi connectivity index (χ3v) is 2.94. The third-order valence-electron chi connectivity index (χ3n) is 2.44. The summed E-state index contributed by atoms with van der Waals surface area (Å²) < 4.78 is 1.11. The summed E-state index contributed by atoms with van der Waals surface area (Å²) in [6.45, 7) is 1.91.